The molecule has 32 heavy (non-hydrogen) atoms. The summed E-state index contributed by atoms with van der Waals surface area (Å²) in [6.07, 6.45) is 7.20. The molecule has 2 fully saturated rings. The second-order valence-corrected chi connectivity index (χ2v) is 8.51. The van der Waals surface area contributed by atoms with Gasteiger partial charge in [0, 0.05) is 26.2 Å². The standard InChI is InChI=1S/C25H41N3O4/c1-4-15-31-23-10-9-20(17-24(23)29-3)18-27-25(26-5-2)28-13-11-21(12-14-28)32-19-22-8-6-7-16-30-22/h9-10,17,21-22H,4-8,11-16,18-19H2,1-3H3,(H,26,27). The monoisotopic (exact) mass is 447 g/mol. The van der Waals surface area contributed by atoms with Gasteiger partial charge in [0.05, 0.1) is 39.1 Å². The highest BCUT2D eigenvalue weighted by atomic mass is 16.5. The summed E-state index contributed by atoms with van der Waals surface area (Å²) in [5, 5.41) is 3.45. The Hall–Kier alpha value is -1.99. The van der Waals surface area contributed by atoms with Gasteiger partial charge in [0.15, 0.2) is 17.5 Å². The fourth-order valence-electron chi connectivity index (χ4n) is 4.15. The zero-order valence-electron chi connectivity index (χ0n) is 20.1. The van der Waals surface area contributed by atoms with Gasteiger partial charge in [-0.25, -0.2) is 4.99 Å². The number of rotatable bonds is 10. The van der Waals surface area contributed by atoms with Crippen LogP contribution in [0.3, 0.4) is 0 Å². The van der Waals surface area contributed by atoms with Crippen molar-refractivity contribution in [3.05, 3.63) is 23.8 Å². The van der Waals surface area contributed by atoms with Crippen LogP contribution in [-0.2, 0) is 16.0 Å². The van der Waals surface area contributed by atoms with E-state index in [0.29, 0.717) is 19.3 Å². The highest BCUT2D eigenvalue weighted by Crippen LogP contribution is 2.28. The van der Waals surface area contributed by atoms with Crippen LogP contribution in [-0.4, -0.2) is 69.6 Å². The lowest BCUT2D eigenvalue weighted by atomic mass is 10.1. The fraction of sp³-hybridized carbons (Fsp3) is 0.720. The van der Waals surface area contributed by atoms with Crippen LogP contribution < -0.4 is 14.8 Å². The molecule has 0 aliphatic carbocycles. The lowest BCUT2D eigenvalue weighted by Crippen LogP contribution is -2.47. The van der Waals surface area contributed by atoms with Crippen molar-refractivity contribution in [2.75, 3.05) is 46.6 Å². The van der Waals surface area contributed by atoms with Gasteiger partial charge in [-0.3, -0.25) is 0 Å². The molecule has 1 unspecified atom stereocenters. The van der Waals surface area contributed by atoms with Crippen LogP contribution >= 0.6 is 0 Å². The summed E-state index contributed by atoms with van der Waals surface area (Å²) in [6, 6.07) is 6.06. The molecule has 0 aromatic heterocycles. The minimum absolute atomic E-state index is 0.288. The van der Waals surface area contributed by atoms with E-state index in [-0.39, 0.29) is 6.10 Å². The number of piperidine rings is 1. The van der Waals surface area contributed by atoms with E-state index < -0.39 is 0 Å². The summed E-state index contributed by atoms with van der Waals surface area (Å²) in [5.41, 5.74) is 1.10. The predicted molar refractivity (Wildman–Crippen MR) is 128 cm³/mol. The quantitative estimate of drug-likeness (QED) is 0.432. The van der Waals surface area contributed by atoms with Crippen LogP contribution in [0, 0.1) is 0 Å². The van der Waals surface area contributed by atoms with E-state index in [2.05, 4.69) is 30.1 Å². The minimum atomic E-state index is 0.288. The maximum Gasteiger partial charge on any atom is 0.194 e. The number of hydrogen-bond donors (Lipinski definition) is 1. The van der Waals surface area contributed by atoms with Gasteiger partial charge in [-0.2, -0.15) is 0 Å². The zero-order chi connectivity index (χ0) is 22.6. The van der Waals surface area contributed by atoms with Crippen molar-refractivity contribution in [1.29, 1.82) is 0 Å². The van der Waals surface area contributed by atoms with Crippen molar-refractivity contribution >= 4 is 5.96 Å². The first-order valence-corrected chi connectivity index (χ1v) is 12.3. The average molecular weight is 448 g/mol. The van der Waals surface area contributed by atoms with Gasteiger partial charge in [-0.15, -0.1) is 0 Å². The van der Waals surface area contributed by atoms with Gasteiger partial charge in [0.2, 0.25) is 0 Å². The summed E-state index contributed by atoms with van der Waals surface area (Å²) in [4.78, 5) is 7.24. The van der Waals surface area contributed by atoms with E-state index in [4.69, 9.17) is 23.9 Å². The molecule has 0 saturated carbocycles. The normalized spacial score (nSPS) is 20.3. The van der Waals surface area contributed by atoms with Gasteiger partial charge in [0.25, 0.3) is 0 Å². The first-order chi connectivity index (χ1) is 15.7. The van der Waals surface area contributed by atoms with Crippen LogP contribution in [0.4, 0.5) is 0 Å². The molecule has 0 bridgehead atoms. The average Bonchev–Trinajstić information content (AvgIpc) is 2.85. The summed E-state index contributed by atoms with van der Waals surface area (Å²) in [5.74, 6) is 2.51. The fourth-order valence-corrected chi connectivity index (χ4v) is 4.15. The Morgan fingerprint density at radius 2 is 2.00 bits per heavy atom. The molecule has 7 nitrogen and oxygen atoms in total. The number of likely N-dealkylation sites (tertiary alicyclic amines) is 1. The van der Waals surface area contributed by atoms with Crippen LogP contribution in [0.15, 0.2) is 23.2 Å². The highest BCUT2D eigenvalue weighted by Gasteiger charge is 2.23. The number of methoxy groups -OCH3 is 1. The molecule has 2 heterocycles. The third-order valence-electron chi connectivity index (χ3n) is 5.97. The van der Waals surface area contributed by atoms with E-state index in [1.807, 2.05) is 12.1 Å². The molecule has 2 aliphatic rings. The van der Waals surface area contributed by atoms with Crippen molar-refractivity contribution in [2.24, 2.45) is 4.99 Å². The van der Waals surface area contributed by atoms with Gasteiger partial charge in [-0.1, -0.05) is 13.0 Å². The first kappa shape index (κ1) is 24.6. The van der Waals surface area contributed by atoms with Gasteiger partial charge < -0.3 is 29.2 Å². The Morgan fingerprint density at radius 1 is 1.16 bits per heavy atom. The Morgan fingerprint density at radius 3 is 2.69 bits per heavy atom. The molecular weight excluding hydrogens is 406 g/mol. The van der Waals surface area contributed by atoms with Crippen molar-refractivity contribution in [1.82, 2.24) is 10.2 Å². The molecule has 1 aromatic carbocycles. The molecular formula is C25H41N3O4. The van der Waals surface area contributed by atoms with Gasteiger partial charge in [-0.05, 0) is 63.1 Å². The SMILES string of the molecule is CCCOc1ccc(CN=C(NCC)N2CCC(OCC3CCCCO3)CC2)cc1OC. The molecule has 1 N–H and O–H groups in total. The Kier molecular flexibility index (Phi) is 10.4. The molecule has 2 saturated heterocycles. The van der Waals surface area contributed by atoms with E-state index in [1.165, 1.54) is 12.8 Å². The Bertz CT molecular complexity index is 698. The van der Waals surface area contributed by atoms with Crippen LogP contribution in [0.1, 0.15) is 57.9 Å². The summed E-state index contributed by atoms with van der Waals surface area (Å²) >= 11 is 0. The molecule has 1 aromatic rings. The van der Waals surface area contributed by atoms with Crippen molar-refractivity contribution in [2.45, 2.75) is 71.1 Å². The zero-order valence-corrected chi connectivity index (χ0v) is 20.1. The van der Waals surface area contributed by atoms with E-state index in [1.54, 1.807) is 7.11 Å². The Labute approximate surface area is 193 Å². The van der Waals surface area contributed by atoms with Gasteiger partial charge in [0.1, 0.15) is 0 Å². The van der Waals surface area contributed by atoms with Crippen molar-refractivity contribution in [3.63, 3.8) is 0 Å². The molecule has 7 heteroatoms. The number of benzene rings is 1. The summed E-state index contributed by atoms with van der Waals surface area (Å²) in [6.45, 7) is 9.87. The largest absolute Gasteiger partial charge is 0.493 e. The molecule has 0 radical (unpaired) electrons. The number of ether oxygens (including phenoxy) is 4. The molecule has 3 rings (SSSR count). The maximum absolute atomic E-state index is 6.17. The van der Waals surface area contributed by atoms with Crippen molar-refractivity contribution in [3.8, 4) is 11.5 Å². The number of aliphatic imine (C=N–C) groups is 1. The smallest absolute Gasteiger partial charge is 0.194 e. The highest BCUT2D eigenvalue weighted by molar-refractivity contribution is 5.80. The molecule has 180 valence electrons. The van der Waals surface area contributed by atoms with E-state index >= 15 is 0 Å². The van der Waals surface area contributed by atoms with E-state index in [0.717, 1.165) is 81.6 Å². The third-order valence-corrected chi connectivity index (χ3v) is 5.97. The topological polar surface area (TPSA) is 64.6 Å². The number of hydrogen-bond acceptors (Lipinski definition) is 5. The molecule has 1 atom stereocenters. The maximum atomic E-state index is 6.17. The summed E-state index contributed by atoms with van der Waals surface area (Å²) in [7, 11) is 1.68. The summed E-state index contributed by atoms with van der Waals surface area (Å²) < 4.78 is 23.2. The first-order valence-electron chi connectivity index (χ1n) is 12.3. The van der Waals surface area contributed by atoms with Crippen LogP contribution in [0.25, 0.3) is 0 Å². The van der Waals surface area contributed by atoms with E-state index in [9.17, 15) is 0 Å². The van der Waals surface area contributed by atoms with Crippen LogP contribution in [0.5, 0.6) is 11.5 Å². The van der Waals surface area contributed by atoms with Crippen LogP contribution in [0.2, 0.25) is 0 Å². The molecule has 0 amide bonds. The second kappa shape index (κ2) is 13.5. The number of nitrogens with one attached hydrogen (secondary N) is 1. The third kappa shape index (κ3) is 7.55. The Balaban J connectivity index is 1.51. The second-order valence-electron chi connectivity index (χ2n) is 8.51. The molecule has 0 spiro atoms. The van der Waals surface area contributed by atoms with Gasteiger partial charge >= 0.3 is 0 Å². The molecule has 2 aliphatic heterocycles. The lowest BCUT2D eigenvalue weighted by molar-refractivity contribution is -0.0721. The predicted octanol–water partition coefficient (Wildman–Crippen LogP) is 4.00. The van der Waals surface area contributed by atoms with Crippen molar-refractivity contribution < 1.29 is 18.9 Å². The number of guanidine groups is 1. The number of nitrogens with zero attached hydrogens (tertiary/aromatic N) is 2. The lowest BCUT2D eigenvalue weighted by Gasteiger charge is -2.35. The minimum Gasteiger partial charge on any atom is -0.493 e.